The lowest BCUT2D eigenvalue weighted by Crippen LogP contribution is -2.43. The van der Waals surface area contributed by atoms with Crippen LogP contribution in [-0.4, -0.2) is 31.7 Å². The summed E-state index contributed by atoms with van der Waals surface area (Å²) in [6.07, 6.45) is 1.24. The van der Waals surface area contributed by atoms with Gasteiger partial charge in [0, 0.05) is 24.5 Å². The van der Waals surface area contributed by atoms with Crippen LogP contribution < -0.4 is 5.73 Å². The van der Waals surface area contributed by atoms with Crippen molar-refractivity contribution < 1.29 is 17.6 Å². The van der Waals surface area contributed by atoms with Crippen LogP contribution in [0.3, 0.4) is 0 Å². The molecule has 1 amide bonds. The van der Waals surface area contributed by atoms with Crippen molar-refractivity contribution in [1.29, 1.82) is 0 Å². The van der Waals surface area contributed by atoms with Gasteiger partial charge in [0.1, 0.15) is 5.58 Å². The van der Waals surface area contributed by atoms with Crippen LogP contribution in [0, 0.1) is 5.92 Å². The first kappa shape index (κ1) is 14.1. The molecule has 1 aromatic heterocycles. The van der Waals surface area contributed by atoms with Gasteiger partial charge in [0.15, 0.2) is 0 Å². The first-order chi connectivity index (χ1) is 9.98. The Morgan fingerprint density at radius 2 is 2.10 bits per heavy atom. The predicted octanol–water partition coefficient (Wildman–Crippen LogP) is 1.32. The number of benzene rings is 1. The van der Waals surface area contributed by atoms with Gasteiger partial charge in [-0.25, -0.2) is 8.42 Å². The Morgan fingerprint density at radius 1 is 1.33 bits per heavy atom. The minimum Gasteiger partial charge on any atom is -0.443 e. The molecule has 6 nitrogen and oxygen atoms in total. The number of sulfonamides is 1. The fourth-order valence-electron chi connectivity index (χ4n) is 2.60. The largest absolute Gasteiger partial charge is 0.443 e. The Balaban J connectivity index is 1.94. The molecule has 1 atom stereocenters. The zero-order valence-electron chi connectivity index (χ0n) is 11.4. The van der Waals surface area contributed by atoms with E-state index in [1.165, 1.54) is 10.4 Å². The Kier molecular flexibility index (Phi) is 3.46. The van der Waals surface area contributed by atoms with Crippen LogP contribution in [0.1, 0.15) is 12.8 Å². The van der Waals surface area contributed by atoms with Gasteiger partial charge in [-0.2, -0.15) is 4.31 Å². The smallest absolute Gasteiger partial charge is 0.276 e. The van der Waals surface area contributed by atoms with Crippen molar-refractivity contribution in [3.63, 3.8) is 0 Å². The normalized spacial score (nSPS) is 20.7. The molecular weight excluding hydrogens is 292 g/mol. The number of carbonyl (C=O) groups is 1. The monoisotopic (exact) mass is 308 g/mol. The fraction of sp³-hybridized carbons (Fsp3) is 0.357. The Bertz CT molecular complexity index is 748. The second kappa shape index (κ2) is 5.16. The van der Waals surface area contributed by atoms with Crippen molar-refractivity contribution in [1.82, 2.24) is 4.31 Å². The number of rotatable bonds is 3. The SMILES string of the molecule is NC(=O)C1CCCN(S(=O)(=O)c2cc3ccccc3o2)C1. The molecule has 2 N–H and O–H groups in total. The van der Waals surface area contributed by atoms with Crippen LogP contribution in [0.5, 0.6) is 0 Å². The van der Waals surface area contributed by atoms with E-state index < -0.39 is 21.8 Å². The van der Waals surface area contributed by atoms with E-state index in [1.54, 1.807) is 18.2 Å². The number of hydrogen-bond acceptors (Lipinski definition) is 4. The number of piperidine rings is 1. The van der Waals surface area contributed by atoms with E-state index in [0.717, 1.165) is 5.39 Å². The second-order valence-electron chi connectivity index (χ2n) is 5.21. The third-order valence-corrected chi connectivity index (χ3v) is 5.50. The Labute approximate surface area is 122 Å². The number of nitrogens with zero attached hydrogens (tertiary/aromatic N) is 1. The average Bonchev–Trinajstić information content (AvgIpc) is 2.92. The summed E-state index contributed by atoms with van der Waals surface area (Å²) < 4.78 is 31.9. The Hall–Kier alpha value is -1.86. The van der Waals surface area contributed by atoms with Gasteiger partial charge in [0.25, 0.3) is 10.0 Å². The minimum atomic E-state index is -3.73. The average molecular weight is 308 g/mol. The van der Waals surface area contributed by atoms with Crippen molar-refractivity contribution >= 4 is 26.9 Å². The number of carbonyl (C=O) groups excluding carboxylic acids is 1. The van der Waals surface area contributed by atoms with Crippen LogP contribution in [-0.2, 0) is 14.8 Å². The van der Waals surface area contributed by atoms with Gasteiger partial charge in [0.05, 0.1) is 5.92 Å². The van der Waals surface area contributed by atoms with E-state index in [1.807, 2.05) is 6.07 Å². The summed E-state index contributed by atoms with van der Waals surface area (Å²) >= 11 is 0. The van der Waals surface area contributed by atoms with E-state index in [2.05, 4.69) is 0 Å². The highest BCUT2D eigenvalue weighted by molar-refractivity contribution is 7.89. The molecule has 1 aromatic carbocycles. The number of furan rings is 1. The highest BCUT2D eigenvalue weighted by Crippen LogP contribution is 2.28. The molecule has 3 rings (SSSR count). The van der Waals surface area contributed by atoms with E-state index >= 15 is 0 Å². The molecule has 0 saturated carbocycles. The fourth-order valence-corrected chi connectivity index (χ4v) is 4.08. The third-order valence-electron chi connectivity index (χ3n) is 3.78. The molecule has 7 heteroatoms. The predicted molar refractivity (Wildman–Crippen MR) is 76.9 cm³/mol. The lowest BCUT2D eigenvalue weighted by molar-refractivity contribution is -0.122. The lowest BCUT2D eigenvalue weighted by Gasteiger charge is -2.29. The third kappa shape index (κ3) is 2.54. The zero-order valence-corrected chi connectivity index (χ0v) is 12.2. The molecule has 1 aliphatic rings. The van der Waals surface area contributed by atoms with Crippen molar-refractivity contribution in [2.45, 2.75) is 17.9 Å². The maximum absolute atomic E-state index is 12.6. The van der Waals surface area contributed by atoms with Gasteiger partial charge in [-0.05, 0) is 18.9 Å². The molecule has 21 heavy (non-hydrogen) atoms. The molecule has 2 heterocycles. The number of fused-ring (bicyclic) bond motifs is 1. The van der Waals surface area contributed by atoms with Gasteiger partial charge in [-0.1, -0.05) is 18.2 Å². The summed E-state index contributed by atoms with van der Waals surface area (Å²) in [5.41, 5.74) is 5.82. The number of primary amides is 1. The number of para-hydroxylation sites is 1. The van der Waals surface area contributed by atoms with Crippen molar-refractivity contribution in [2.75, 3.05) is 13.1 Å². The molecule has 112 valence electrons. The van der Waals surface area contributed by atoms with E-state index in [9.17, 15) is 13.2 Å². The summed E-state index contributed by atoms with van der Waals surface area (Å²) in [5.74, 6) is -0.891. The van der Waals surface area contributed by atoms with Crippen LogP contribution in [0.2, 0.25) is 0 Å². The summed E-state index contributed by atoms with van der Waals surface area (Å²) in [6.45, 7) is 0.498. The standard InChI is InChI=1S/C14H16N2O4S/c15-14(17)11-5-3-7-16(9-11)21(18,19)13-8-10-4-1-2-6-12(10)20-13/h1-2,4,6,8,11H,3,5,7,9H2,(H2,15,17). The molecule has 0 aliphatic carbocycles. The van der Waals surface area contributed by atoms with E-state index in [-0.39, 0.29) is 11.6 Å². The van der Waals surface area contributed by atoms with Crippen LogP contribution in [0.25, 0.3) is 11.0 Å². The van der Waals surface area contributed by atoms with Gasteiger partial charge < -0.3 is 10.2 Å². The molecule has 0 radical (unpaired) electrons. The summed E-state index contributed by atoms with van der Waals surface area (Å²) in [5, 5.41) is 0.647. The molecule has 1 aliphatic heterocycles. The Morgan fingerprint density at radius 3 is 2.81 bits per heavy atom. The molecule has 0 bridgehead atoms. The van der Waals surface area contributed by atoms with Gasteiger partial charge in [-0.3, -0.25) is 4.79 Å². The van der Waals surface area contributed by atoms with Gasteiger partial charge >= 0.3 is 0 Å². The van der Waals surface area contributed by atoms with E-state index in [0.29, 0.717) is 25.0 Å². The first-order valence-corrected chi connectivity index (χ1v) is 8.20. The van der Waals surface area contributed by atoms with E-state index in [4.69, 9.17) is 10.2 Å². The maximum atomic E-state index is 12.6. The highest BCUT2D eigenvalue weighted by Gasteiger charge is 2.34. The molecule has 2 aromatic rings. The van der Waals surface area contributed by atoms with Gasteiger partial charge in [-0.15, -0.1) is 0 Å². The van der Waals surface area contributed by atoms with Crippen molar-refractivity contribution in [3.05, 3.63) is 30.3 Å². The molecule has 1 saturated heterocycles. The molecule has 1 unspecified atom stereocenters. The highest BCUT2D eigenvalue weighted by atomic mass is 32.2. The summed E-state index contributed by atoms with van der Waals surface area (Å²) in [4.78, 5) is 11.3. The number of hydrogen-bond donors (Lipinski definition) is 1. The minimum absolute atomic E-state index is 0.0891. The van der Waals surface area contributed by atoms with Crippen LogP contribution in [0.15, 0.2) is 39.8 Å². The zero-order chi connectivity index (χ0) is 15.0. The van der Waals surface area contributed by atoms with Crippen LogP contribution in [0.4, 0.5) is 0 Å². The van der Waals surface area contributed by atoms with Crippen molar-refractivity contribution in [3.8, 4) is 0 Å². The van der Waals surface area contributed by atoms with Crippen LogP contribution >= 0.6 is 0 Å². The molecular formula is C14H16N2O4S. The molecule has 0 spiro atoms. The first-order valence-electron chi connectivity index (χ1n) is 6.76. The summed E-state index contributed by atoms with van der Waals surface area (Å²) in [6, 6.07) is 8.63. The topological polar surface area (TPSA) is 93.6 Å². The van der Waals surface area contributed by atoms with Crippen molar-refractivity contribution in [2.24, 2.45) is 11.7 Å². The quantitative estimate of drug-likeness (QED) is 0.925. The second-order valence-corrected chi connectivity index (χ2v) is 7.08. The maximum Gasteiger partial charge on any atom is 0.276 e. The summed E-state index contributed by atoms with van der Waals surface area (Å²) in [7, 11) is -3.73. The molecule has 1 fully saturated rings. The number of amides is 1. The van der Waals surface area contributed by atoms with Gasteiger partial charge in [0.2, 0.25) is 11.0 Å². The number of nitrogens with two attached hydrogens (primary N) is 1. The lowest BCUT2D eigenvalue weighted by atomic mass is 9.99.